The number of fused-ring (bicyclic) bond motifs is 2. The Morgan fingerprint density at radius 1 is 1.12 bits per heavy atom. The van der Waals surface area contributed by atoms with Crippen LogP contribution in [0.4, 0.5) is 17.1 Å². The van der Waals surface area contributed by atoms with Crippen molar-refractivity contribution in [3.63, 3.8) is 0 Å². The van der Waals surface area contributed by atoms with Gasteiger partial charge in [0.1, 0.15) is 17.6 Å². The molecule has 34 heavy (non-hydrogen) atoms. The van der Waals surface area contributed by atoms with Crippen LogP contribution in [-0.4, -0.2) is 39.3 Å². The number of hydrogen-bond donors (Lipinski definition) is 5. The second kappa shape index (κ2) is 8.54. The number of aromatic amines is 1. The number of nitrogen functional groups attached to an aromatic ring is 1. The smallest absolute Gasteiger partial charge is 0.272 e. The molecule has 0 bridgehead atoms. The van der Waals surface area contributed by atoms with Crippen LogP contribution in [0.2, 0.25) is 0 Å². The lowest BCUT2D eigenvalue weighted by Gasteiger charge is -2.18. The molecule has 4 aromatic rings. The second-order valence-corrected chi connectivity index (χ2v) is 7.58. The van der Waals surface area contributed by atoms with Crippen LogP contribution in [-0.2, 0) is 11.3 Å². The monoisotopic (exact) mass is 457 g/mol. The van der Waals surface area contributed by atoms with Gasteiger partial charge in [0, 0.05) is 24.0 Å². The summed E-state index contributed by atoms with van der Waals surface area (Å²) in [5.41, 5.74) is 9.25. The van der Waals surface area contributed by atoms with Gasteiger partial charge in [0.25, 0.3) is 17.7 Å². The molecular formula is C23H19N7O4. The summed E-state index contributed by atoms with van der Waals surface area (Å²) >= 11 is 0. The number of rotatable bonds is 5. The van der Waals surface area contributed by atoms with Crippen molar-refractivity contribution in [3.8, 4) is 5.75 Å². The number of amides is 3. The van der Waals surface area contributed by atoms with Gasteiger partial charge in [-0.2, -0.15) is 0 Å². The van der Waals surface area contributed by atoms with Crippen molar-refractivity contribution in [2.75, 3.05) is 23.0 Å². The molecule has 0 atom stereocenters. The summed E-state index contributed by atoms with van der Waals surface area (Å²) in [6, 6.07) is 11.9. The molecule has 0 spiro atoms. The van der Waals surface area contributed by atoms with Crippen LogP contribution in [0.5, 0.6) is 5.75 Å². The first kappa shape index (κ1) is 20.9. The number of hydrogen-bond acceptors (Lipinski definition) is 7. The molecule has 3 amide bonds. The van der Waals surface area contributed by atoms with Gasteiger partial charge in [0.2, 0.25) is 0 Å². The number of ether oxygens (including phenoxy) is 1. The standard InChI is InChI=1S/C23H19N7O4/c24-14-3-1-2-13(7-14)22(32)30-16-9-25-20-19(16)27-11-28-21(20)23(33)26-8-12-4-5-17-15(6-12)29-18(31)10-34-17/h1-7,9,11,25H,8,10,24H2,(H,26,33)(H,29,31)(H,30,32). The Morgan fingerprint density at radius 3 is 2.85 bits per heavy atom. The van der Waals surface area contributed by atoms with Crippen molar-refractivity contribution in [1.29, 1.82) is 0 Å². The third-order valence-corrected chi connectivity index (χ3v) is 5.21. The van der Waals surface area contributed by atoms with Crippen LogP contribution < -0.4 is 26.4 Å². The number of H-pyrrole nitrogens is 1. The summed E-state index contributed by atoms with van der Waals surface area (Å²) in [7, 11) is 0. The molecule has 2 aromatic carbocycles. The number of benzene rings is 2. The van der Waals surface area contributed by atoms with Gasteiger partial charge in [0.05, 0.1) is 16.9 Å². The fourth-order valence-electron chi connectivity index (χ4n) is 3.59. The Bertz CT molecular complexity index is 1450. The van der Waals surface area contributed by atoms with E-state index in [0.29, 0.717) is 39.4 Å². The maximum absolute atomic E-state index is 12.8. The molecule has 11 heteroatoms. The van der Waals surface area contributed by atoms with E-state index in [2.05, 4.69) is 30.9 Å². The number of nitrogens with one attached hydrogen (secondary N) is 4. The van der Waals surface area contributed by atoms with Gasteiger partial charge in [-0.3, -0.25) is 14.4 Å². The number of nitrogens with zero attached hydrogens (tertiary/aromatic N) is 2. The quantitative estimate of drug-likeness (QED) is 0.286. The highest BCUT2D eigenvalue weighted by atomic mass is 16.5. The summed E-state index contributed by atoms with van der Waals surface area (Å²) in [5, 5.41) is 8.31. The predicted molar refractivity (Wildman–Crippen MR) is 124 cm³/mol. The van der Waals surface area contributed by atoms with Crippen LogP contribution >= 0.6 is 0 Å². The highest BCUT2D eigenvalue weighted by Gasteiger charge is 2.19. The predicted octanol–water partition coefficient (Wildman–Crippen LogP) is 2.05. The van der Waals surface area contributed by atoms with E-state index < -0.39 is 5.91 Å². The SMILES string of the molecule is Nc1cccc(C(=O)Nc2c[nH]c3c(C(=O)NCc4ccc5c(c4)NC(=O)CO5)ncnc23)c1. The fraction of sp³-hybridized carbons (Fsp3) is 0.0870. The van der Waals surface area contributed by atoms with Crippen LogP contribution in [0.3, 0.4) is 0 Å². The van der Waals surface area contributed by atoms with Crippen molar-refractivity contribution >= 4 is 45.8 Å². The highest BCUT2D eigenvalue weighted by Crippen LogP contribution is 2.28. The molecule has 1 aliphatic rings. The van der Waals surface area contributed by atoms with Crippen molar-refractivity contribution < 1.29 is 19.1 Å². The Kier molecular flexibility index (Phi) is 5.26. The van der Waals surface area contributed by atoms with E-state index in [1.54, 1.807) is 48.7 Å². The minimum absolute atomic E-state index is 0.0230. The molecule has 5 rings (SSSR count). The topological polar surface area (TPSA) is 164 Å². The van der Waals surface area contributed by atoms with Crippen molar-refractivity contribution in [2.24, 2.45) is 0 Å². The Labute approximate surface area is 192 Å². The number of anilines is 3. The maximum Gasteiger partial charge on any atom is 0.272 e. The zero-order valence-electron chi connectivity index (χ0n) is 17.7. The molecule has 2 aromatic heterocycles. The van der Waals surface area contributed by atoms with E-state index >= 15 is 0 Å². The summed E-state index contributed by atoms with van der Waals surface area (Å²) in [6.45, 7) is 0.179. The van der Waals surface area contributed by atoms with Crippen molar-refractivity contribution in [1.82, 2.24) is 20.3 Å². The first-order chi connectivity index (χ1) is 16.5. The molecule has 3 heterocycles. The molecule has 1 aliphatic heterocycles. The molecule has 6 N–H and O–H groups in total. The lowest BCUT2D eigenvalue weighted by molar-refractivity contribution is -0.118. The molecular weight excluding hydrogens is 438 g/mol. The summed E-state index contributed by atoms with van der Waals surface area (Å²) in [5.74, 6) is -0.448. The van der Waals surface area contributed by atoms with Gasteiger partial charge in [0.15, 0.2) is 12.3 Å². The molecule has 0 saturated heterocycles. The van der Waals surface area contributed by atoms with Gasteiger partial charge in [-0.15, -0.1) is 0 Å². The maximum atomic E-state index is 12.8. The first-order valence-corrected chi connectivity index (χ1v) is 10.3. The third-order valence-electron chi connectivity index (χ3n) is 5.21. The number of aromatic nitrogens is 3. The summed E-state index contributed by atoms with van der Waals surface area (Å²) in [6.07, 6.45) is 2.81. The van der Waals surface area contributed by atoms with Crippen molar-refractivity contribution in [2.45, 2.75) is 6.54 Å². The number of carbonyl (C=O) groups is 3. The Morgan fingerprint density at radius 2 is 2.00 bits per heavy atom. The number of nitrogens with two attached hydrogens (primary N) is 1. The van der Waals surface area contributed by atoms with Crippen LogP contribution in [0.1, 0.15) is 26.4 Å². The van der Waals surface area contributed by atoms with E-state index in [-0.39, 0.29) is 30.7 Å². The average molecular weight is 457 g/mol. The lowest BCUT2D eigenvalue weighted by Crippen LogP contribution is -2.26. The second-order valence-electron chi connectivity index (χ2n) is 7.58. The van der Waals surface area contributed by atoms with Gasteiger partial charge < -0.3 is 31.4 Å². The molecule has 0 unspecified atom stereocenters. The van der Waals surface area contributed by atoms with Crippen molar-refractivity contribution in [3.05, 3.63) is 71.8 Å². The largest absolute Gasteiger partial charge is 0.482 e. The average Bonchev–Trinajstić information content (AvgIpc) is 3.25. The zero-order valence-corrected chi connectivity index (χ0v) is 17.7. The number of carbonyl (C=O) groups excluding carboxylic acids is 3. The Balaban J connectivity index is 1.32. The highest BCUT2D eigenvalue weighted by molar-refractivity contribution is 6.11. The zero-order chi connectivity index (χ0) is 23.7. The van der Waals surface area contributed by atoms with E-state index in [1.165, 1.54) is 6.33 Å². The summed E-state index contributed by atoms with van der Waals surface area (Å²) < 4.78 is 5.34. The van der Waals surface area contributed by atoms with Crippen LogP contribution in [0, 0.1) is 0 Å². The minimum atomic E-state index is -0.430. The normalized spacial score (nSPS) is 12.4. The molecule has 11 nitrogen and oxygen atoms in total. The molecule has 0 radical (unpaired) electrons. The molecule has 0 saturated carbocycles. The fourth-order valence-corrected chi connectivity index (χ4v) is 3.59. The molecule has 170 valence electrons. The molecule has 0 aliphatic carbocycles. The lowest BCUT2D eigenvalue weighted by atomic mass is 10.1. The third kappa shape index (κ3) is 4.09. The van der Waals surface area contributed by atoms with Gasteiger partial charge >= 0.3 is 0 Å². The van der Waals surface area contributed by atoms with E-state index in [0.717, 1.165) is 5.56 Å². The van der Waals surface area contributed by atoms with E-state index in [9.17, 15) is 14.4 Å². The van der Waals surface area contributed by atoms with E-state index in [1.807, 2.05) is 0 Å². The van der Waals surface area contributed by atoms with Gasteiger partial charge in [-0.05, 0) is 35.9 Å². The Hall–Kier alpha value is -4.93. The van der Waals surface area contributed by atoms with Gasteiger partial charge in [-0.1, -0.05) is 12.1 Å². The van der Waals surface area contributed by atoms with Gasteiger partial charge in [-0.25, -0.2) is 9.97 Å². The minimum Gasteiger partial charge on any atom is -0.482 e. The molecule has 0 fully saturated rings. The van der Waals surface area contributed by atoms with Crippen LogP contribution in [0.15, 0.2) is 55.0 Å². The van der Waals surface area contributed by atoms with E-state index in [4.69, 9.17) is 10.5 Å². The first-order valence-electron chi connectivity index (χ1n) is 10.3. The van der Waals surface area contributed by atoms with Crippen LogP contribution in [0.25, 0.3) is 11.0 Å². The summed E-state index contributed by atoms with van der Waals surface area (Å²) in [4.78, 5) is 48.2.